The van der Waals surface area contributed by atoms with Crippen LogP contribution in [0.2, 0.25) is 0 Å². The van der Waals surface area contributed by atoms with E-state index in [1.165, 1.54) is 12.1 Å². The van der Waals surface area contributed by atoms with Crippen molar-refractivity contribution in [3.8, 4) is 11.5 Å². The smallest absolute Gasteiger partial charge is 0.238 e. The number of amides is 1. The number of aliphatic hydroxyl groups is 1. The van der Waals surface area contributed by atoms with Crippen LogP contribution in [-0.4, -0.2) is 47.3 Å². The Morgan fingerprint density at radius 3 is 2.56 bits per heavy atom. The summed E-state index contributed by atoms with van der Waals surface area (Å²) >= 11 is 0. The lowest BCUT2D eigenvalue weighted by Crippen LogP contribution is -2.58. The van der Waals surface area contributed by atoms with E-state index in [0.29, 0.717) is 31.0 Å². The fourth-order valence-corrected chi connectivity index (χ4v) is 4.05. The molecule has 7 heteroatoms. The summed E-state index contributed by atoms with van der Waals surface area (Å²) < 4.78 is 25.0. The van der Waals surface area contributed by atoms with Gasteiger partial charge < -0.3 is 19.9 Å². The highest BCUT2D eigenvalue weighted by atomic mass is 19.1. The maximum atomic E-state index is 13.4. The van der Waals surface area contributed by atoms with E-state index in [2.05, 4.69) is 5.32 Å². The van der Waals surface area contributed by atoms with Gasteiger partial charge in [0, 0.05) is 24.8 Å². The molecule has 3 aromatic carbocycles. The predicted octanol–water partition coefficient (Wildman–Crippen LogP) is 4.25. The molecule has 178 valence electrons. The van der Waals surface area contributed by atoms with Crippen LogP contribution in [0, 0.1) is 5.82 Å². The highest BCUT2D eigenvalue weighted by Gasteiger charge is 2.40. The molecule has 0 saturated carbocycles. The monoisotopic (exact) mass is 464 g/mol. The van der Waals surface area contributed by atoms with E-state index in [-0.39, 0.29) is 24.8 Å². The summed E-state index contributed by atoms with van der Waals surface area (Å²) in [4.78, 5) is 14.4. The Morgan fingerprint density at radius 1 is 1.09 bits per heavy atom. The molecule has 0 aromatic heterocycles. The molecule has 0 bridgehead atoms. The summed E-state index contributed by atoms with van der Waals surface area (Å²) in [6, 6.07) is 23.0. The van der Waals surface area contributed by atoms with E-state index in [0.717, 1.165) is 11.3 Å². The van der Waals surface area contributed by atoms with Crippen molar-refractivity contribution in [3.05, 3.63) is 90.2 Å². The summed E-state index contributed by atoms with van der Waals surface area (Å²) in [5.41, 5.74) is 0.580. The zero-order valence-electron chi connectivity index (χ0n) is 19.1. The molecule has 0 radical (unpaired) electrons. The van der Waals surface area contributed by atoms with Gasteiger partial charge in [-0.25, -0.2) is 4.39 Å². The molecule has 2 N–H and O–H groups in total. The fraction of sp³-hybridized carbons (Fsp3) is 0.296. The molecule has 0 unspecified atom stereocenters. The van der Waals surface area contributed by atoms with Crippen LogP contribution in [0.4, 0.5) is 10.1 Å². The average molecular weight is 465 g/mol. The summed E-state index contributed by atoms with van der Waals surface area (Å²) in [7, 11) is 0. The van der Waals surface area contributed by atoms with Gasteiger partial charge in [-0.2, -0.15) is 0 Å². The number of piperidine rings is 1. The minimum Gasteiger partial charge on any atom is -0.489 e. The Labute approximate surface area is 198 Å². The molecule has 1 aliphatic heterocycles. The number of rotatable bonds is 8. The van der Waals surface area contributed by atoms with Crippen LogP contribution in [0.15, 0.2) is 78.9 Å². The molecule has 1 saturated heterocycles. The van der Waals surface area contributed by atoms with Gasteiger partial charge in [-0.05, 0) is 55.3 Å². The Bertz CT molecular complexity index is 1090. The molecule has 2 atom stereocenters. The van der Waals surface area contributed by atoms with Crippen molar-refractivity contribution in [2.24, 2.45) is 0 Å². The molecular weight excluding hydrogens is 435 g/mol. The maximum Gasteiger partial charge on any atom is 0.238 e. The van der Waals surface area contributed by atoms with Crippen LogP contribution in [0.5, 0.6) is 11.5 Å². The number of anilines is 1. The van der Waals surface area contributed by atoms with Crippen molar-refractivity contribution in [2.45, 2.75) is 31.7 Å². The number of nitrogens with one attached hydrogen (secondary N) is 1. The average Bonchev–Trinajstić information content (AvgIpc) is 2.81. The van der Waals surface area contributed by atoms with E-state index in [1.807, 2.05) is 47.4 Å². The minimum atomic E-state index is -1.18. The molecule has 34 heavy (non-hydrogen) atoms. The Morgan fingerprint density at radius 2 is 1.85 bits per heavy atom. The number of hydrogen-bond donors (Lipinski definition) is 2. The molecule has 1 aliphatic rings. The standard InChI is InChI=1S/C27H29FN2O4/c1-27(32)19-30(15-14-25(27)34-24-9-5-8-21(28)16-24)17-26(31)29-22-10-12-23(13-11-22)33-18-20-6-3-2-4-7-20/h2-13,16,25,32H,14-15,17-19H2,1H3,(H,29,31)/t25-,27-/m0/s1. The van der Waals surface area contributed by atoms with Gasteiger partial charge in [-0.3, -0.25) is 9.69 Å². The number of carbonyl (C=O) groups is 1. The SMILES string of the molecule is C[C@]1(O)CN(CC(=O)Nc2ccc(OCc3ccccc3)cc2)CC[C@@H]1Oc1cccc(F)c1. The molecular formula is C27H29FN2O4. The summed E-state index contributed by atoms with van der Waals surface area (Å²) in [5.74, 6) is 0.547. The first kappa shape index (κ1) is 23.7. The van der Waals surface area contributed by atoms with Crippen LogP contribution >= 0.6 is 0 Å². The number of halogens is 1. The molecule has 4 rings (SSSR count). The van der Waals surface area contributed by atoms with Crippen LogP contribution in [0.1, 0.15) is 18.9 Å². The Kier molecular flexibility index (Phi) is 7.45. The van der Waals surface area contributed by atoms with Gasteiger partial charge in [0.05, 0.1) is 6.54 Å². The van der Waals surface area contributed by atoms with Gasteiger partial charge in [0.25, 0.3) is 0 Å². The molecule has 1 amide bonds. The van der Waals surface area contributed by atoms with E-state index >= 15 is 0 Å². The lowest BCUT2D eigenvalue weighted by Gasteiger charge is -2.42. The van der Waals surface area contributed by atoms with Gasteiger partial charge in [0.15, 0.2) is 0 Å². The third-order valence-electron chi connectivity index (χ3n) is 5.77. The fourth-order valence-electron chi connectivity index (χ4n) is 4.05. The van der Waals surface area contributed by atoms with Gasteiger partial charge in [0.2, 0.25) is 5.91 Å². The second kappa shape index (κ2) is 10.7. The molecule has 0 spiro atoms. The van der Waals surface area contributed by atoms with E-state index in [4.69, 9.17) is 9.47 Å². The lowest BCUT2D eigenvalue weighted by atomic mass is 9.91. The molecule has 0 aliphatic carbocycles. The van der Waals surface area contributed by atoms with Crippen molar-refractivity contribution >= 4 is 11.6 Å². The van der Waals surface area contributed by atoms with Crippen LogP contribution in [0.3, 0.4) is 0 Å². The van der Waals surface area contributed by atoms with Gasteiger partial charge in [-0.15, -0.1) is 0 Å². The number of β-amino-alcohol motifs (C(OH)–C–C–N with tert-alkyl or cyclic N) is 1. The summed E-state index contributed by atoms with van der Waals surface area (Å²) in [6.45, 7) is 3.15. The first-order valence-corrected chi connectivity index (χ1v) is 11.3. The van der Waals surface area contributed by atoms with Crippen molar-refractivity contribution in [2.75, 3.05) is 25.0 Å². The second-order valence-electron chi connectivity index (χ2n) is 8.77. The van der Waals surface area contributed by atoms with E-state index < -0.39 is 11.7 Å². The van der Waals surface area contributed by atoms with Crippen LogP contribution < -0.4 is 14.8 Å². The second-order valence-corrected chi connectivity index (χ2v) is 8.77. The first-order valence-electron chi connectivity index (χ1n) is 11.3. The van der Waals surface area contributed by atoms with Crippen molar-refractivity contribution < 1.29 is 23.8 Å². The normalized spacial score (nSPS) is 20.5. The molecule has 6 nitrogen and oxygen atoms in total. The highest BCUT2D eigenvalue weighted by molar-refractivity contribution is 5.92. The Hall–Kier alpha value is -3.42. The number of benzene rings is 3. The van der Waals surface area contributed by atoms with Gasteiger partial charge in [0.1, 0.15) is 35.6 Å². The summed E-state index contributed by atoms with van der Waals surface area (Å²) in [5, 5.41) is 13.8. The number of ether oxygens (including phenoxy) is 2. The quantitative estimate of drug-likeness (QED) is 0.522. The van der Waals surface area contributed by atoms with Crippen molar-refractivity contribution in [3.63, 3.8) is 0 Å². The van der Waals surface area contributed by atoms with E-state index in [9.17, 15) is 14.3 Å². The minimum absolute atomic E-state index is 0.148. The van der Waals surface area contributed by atoms with Crippen molar-refractivity contribution in [1.29, 1.82) is 0 Å². The molecule has 3 aromatic rings. The summed E-state index contributed by atoms with van der Waals surface area (Å²) in [6.07, 6.45) is 0.0292. The largest absolute Gasteiger partial charge is 0.489 e. The predicted molar refractivity (Wildman–Crippen MR) is 128 cm³/mol. The zero-order valence-corrected chi connectivity index (χ0v) is 19.1. The number of likely N-dealkylation sites (tertiary alicyclic amines) is 1. The first-order chi connectivity index (χ1) is 16.4. The molecule has 1 fully saturated rings. The third kappa shape index (κ3) is 6.56. The lowest BCUT2D eigenvalue weighted by molar-refractivity contribution is -0.123. The Balaban J connectivity index is 1.24. The topological polar surface area (TPSA) is 71.0 Å². The van der Waals surface area contributed by atoms with Gasteiger partial charge >= 0.3 is 0 Å². The number of nitrogens with zero attached hydrogens (tertiary/aromatic N) is 1. The number of hydrogen-bond acceptors (Lipinski definition) is 5. The third-order valence-corrected chi connectivity index (χ3v) is 5.77. The molecule has 1 heterocycles. The zero-order chi connectivity index (χ0) is 24.0. The number of carbonyl (C=O) groups excluding carboxylic acids is 1. The van der Waals surface area contributed by atoms with E-state index in [1.54, 1.807) is 31.2 Å². The highest BCUT2D eigenvalue weighted by Crippen LogP contribution is 2.27. The maximum absolute atomic E-state index is 13.4. The van der Waals surface area contributed by atoms with Gasteiger partial charge in [-0.1, -0.05) is 36.4 Å². The van der Waals surface area contributed by atoms with Crippen LogP contribution in [0.25, 0.3) is 0 Å². The van der Waals surface area contributed by atoms with Crippen molar-refractivity contribution in [1.82, 2.24) is 4.90 Å². The van der Waals surface area contributed by atoms with Crippen LogP contribution in [-0.2, 0) is 11.4 Å².